The van der Waals surface area contributed by atoms with Gasteiger partial charge in [0.2, 0.25) is 5.95 Å². The van der Waals surface area contributed by atoms with Gasteiger partial charge < -0.3 is 15.2 Å². The molecule has 6 nitrogen and oxygen atoms in total. The number of nitrogens with zero attached hydrogens (tertiary/aromatic N) is 3. The van der Waals surface area contributed by atoms with Crippen LogP contribution >= 0.6 is 0 Å². The van der Waals surface area contributed by atoms with E-state index in [1.807, 2.05) is 78.9 Å². The summed E-state index contributed by atoms with van der Waals surface area (Å²) in [6.45, 7) is 0.451. The Hall–Kier alpha value is -4.06. The van der Waals surface area contributed by atoms with Crippen molar-refractivity contribution in [3.05, 3.63) is 96.2 Å². The van der Waals surface area contributed by atoms with Gasteiger partial charge in [-0.1, -0.05) is 60.7 Å². The largest absolute Gasteiger partial charge is 0.493 e. The van der Waals surface area contributed by atoms with Gasteiger partial charge in [-0.15, -0.1) is 0 Å². The lowest BCUT2D eigenvalue weighted by molar-refractivity contribution is 0.284. The highest BCUT2D eigenvalue weighted by molar-refractivity contribution is 5.81. The van der Waals surface area contributed by atoms with Gasteiger partial charge in [0.15, 0.2) is 11.5 Å². The van der Waals surface area contributed by atoms with E-state index in [1.54, 1.807) is 24.2 Å². The molecule has 0 spiro atoms. The van der Waals surface area contributed by atoms with Crippen LogP contribution in [0.3, 0.4) is 0 Å². The second kappa shape index (κ2) is 8.96. The Morgan fingerprint density at radius 2 is 1.70 bits per heavy atom. The Morgan fingerprint density at radius 1 is 0.967 bits per heavy atom. The number of nitrogens with two attached hydrogens (primary N) is 1. The summed E-state index contributed by atoms with van der Waals surface area (Å²) >= 11 is 0. The lowest BCUT2D eigenvalue weighted by Gasteiger charge is -2.11. The van der Waals surface area contributed by atoms with Crippen molar-refractivity contribution in [3.63, 3.8) is 0 Å². The summed E-state index contributed by atoms with van der Waals surface area (Å²) in [6.07, 6.45) is 3.51. The van der Waals surface area contributed by atoms with Crippen LogP contribution in [0.15, 0.2) is 90.2 Å². The zero-order chi connectivity index (χ0) is 20.8. The molecule has 0 saturated carbocycles. The third-order valence-electron chi connectivity index (χ3n) is 4.54. The van der Waals surface area contributed by atoms with Crippen LogP contribution < -0.4 is 15.2 Å². The highest BCUT2D eigenvalue weighted by Gasteiger charge is 2.08. The first-order valence-corrected chi connectivity index (χ1v) is 9.52. The van der Waals surface area contributed by atoms with E-state index in [4.69, 9.17) is 15.2 Å². The van der Waals surface area contributed by atoms with E-state index in [0.29, 0.717) is 24.1 Å². The number of hydrogen-bond acceptors (Lipinski definition) is 5. The molecule has 2 N–H and O–H groups in total. The maximum absolute atomic E-state index is 6.02. The number of nitrogen functional groups attached to an aromatic ring is 1. The highest BCUT2D eigenvalue weighted by atomic mass is 16.5. The van der Waals surface area contributed by atoms with Gasteiger partial charge in [0.05, 0.1) is 25.2 Å². The van der Waals surface area contributed by atoms with Crippen molar-refractivity contribution < 1.29 is 9.47 Å². The molecule has 1 heterocycles. The molecule has 0 radical (unpaired) electrons. The number of benzene rings is 3. The second-order valence-electron chi connectivity index (χ2n) is 6.62. The van der Waals surface area contributed by atoms with Gasteiger partial charge in [0.1, 0.15) is 6.61 Å². The van der Waals surface area contributed by atoms with Crippen molar-refractivity contribution >= 4 is 12.2 Å². The number of anilines is 1. The molecule has 0 bridgehead atoms. The van der Waals surface area contributed by atoms with Gasteiger partial charge in [0.25, 0.3) is 0 Å². The van der Waals surface area contributed by atoms with Crippen LogP contribution in [-0.2, 0) is 6.61 Å². The number of hydrogen-bond donors (Lipinski definition) is 1. The molecule has 0 aliphatic heterocycles. The van der Waals surface area contributed by atoms with Crippen LogP contribution in [0.5, 0.6) is 11.5 Å². The third-order valence-corrected chi connectivity index (χ3v) is 4.54. The summed E-state index contributed by atoms with van der Waals surface area (Å²) in [7, 11) is 1.62. The predicted octanol–water partition coefficient (Wildman–Crippen LogP) is 4.60. The van der Waals surface area contributed by atoms with Gasteiger partial charge in [-0.3, -0.25) is 0 Å². The van der Waals surface area contributed by atoms with Crippen LogP contribution in [0.1, 0.15) is 11.1 Å². The molecule has 4 aromatic rings. The van der Waals surface area contributed by atoms with E-state index in [0.717, 1.165) is 22.4 Å². The van der Waals surface area contributed by atoms with Crippen LogP contribution in [0, 0.1) is 0 Å². The Balaban J connectivity index is 1.53. The summed E-state index contributed by atoms with van der Waals surface area (Å²) in [6, 6.07) is 25.5. The van der Waals surface area contributed by atoms with Crippen molar-refractivity contribution in [2.24, 2.45) is 5.10 Å². The van der Waals surface area contributed by atoms with Gasteiger partial charge in [0, 0.05) is 5.56 Å². The standard InChI is InChI=1S/C24H22N4O2/c1-29-22-13-12-19(14-23(22)30-17-18-8-4-2-5-9-18)15-26-28-16-21(27-24(28)25)20-10-6-3-7-11-20/h2-16H,17H2,1H3,(H2,25,27)/b26-15+. The number of ether oxygens (including phenoxy) is 2. The summed E-state index contributed by atoms with van der Waals surface area (Å²) in [5.74, 6) is 1.63. The van der Waals surface area contributed by atoms with E-state index in [-0.39, 0.29) is 0 Å². The first kappa shape index (κ1) is 19.3. The average molecular weight is 398 g/mol. The summed E-state index contributed by atoms with van der Waals surface area (Å²) in [4.78, 5) is 4.38. The van der Waals surface area contributed by atoms with Crippen molar-refractivity contribution in [1.82, 2.24) is 9.66 Å². The minimum atomic E-state index is 0.319. The molecule has 0 aliphatic rings. The predicted molar refractivity (Wildman–Crippen MR) is 119 cm³/mol. The lowest BCUT2D eigenvalue weighted by Crippen LogP contribution is -1.99. The van der Waals surface area contributed by atoms with Crippen LogP contribution in [-0.4, -0.2) is 23.0 Å². The Morgan fingerprint density at radius 3 is 2.43 bits per heavy atom. The molecule has 0 saturated heterocycles. The smallest absolute Gasteiger partial charge is 0.221 e. The number of methoxy groups -OCH3 is 1. The topological polar surface area (TPSA) is 74.7 Å². The molecule has 150 valence electrons. The molecule has 3 aromatic carbocycles. The molecule has 0 atom stereocenters. The zero-order valence-corrected chi connectivity index (χ0v) is 16.6. The van der Waals surface area contributed by atoms with E-state index in [9.17, 15) is 0 Å². The van der Waals surface area contributed by atoms with Crippen molar-refractivity contribution in [1.29, 1.82) is 0 Å². The lowest BCUT2D eigenvalue weighted by atomic mass is 10.2. The minimum absolute atomic E-state index is 0.319. The fraction of sp³-hybridized carbons (Fsp3) is 0.0833. The van der Waals surface area contributed by atoms with Crippen LogP contribution in [0.25, 0.3) is 11.3 Å². The fourth-order valence-corrected chi connectivity index (χ4v) is 2.98. The Labute approximate surface area is 175 Å². The molecule has 1 aromatic heterocycles. The number of aromatic nitrogens is 2. The van der Waals surface area contributed by atoms with Crippen molar-refractivity contribution in [2.75, 3.05) is 12.8 Å². The summed E-state index contributed by atoms with van der Waals surface area (Å²) < 4.78 is 12.9. The number of imidazole rings is 1. The number of rotatable bonds is 7. The van der Waals surface area contributed by atoms with Gasteiger partial charge in [-0.05, 0) is 29.3 Å². The quantitative estimate of drug-likeness (QED) is 0.462. The van der Waals surface area contributed by atoms with E-state index < -0.39 is 0 Å². The molecule has 4 rings (SSSR count). The van der Waals surface area contributed by atoms with E-state index in [2.05, 4.69) is 10.1 Å². The van der Waals surface area contributed by atoms with Gasteiger partial charge in [-0.25, -0.2) is 9.66 Å². The molecular weight excluding hydrogens is 376 g/mol. The normalized spacial score (nSPS) is 11.0. The SMILES string of the molecule is COc1ccc(/C=N/n2cc(-c3ccccc3)nc2N)cc1OCc1ccccc1. The first-order valence-electron chi connectivity index (χ1n) is 9.52. The fourth-order valence-electron chi connectivity index (χ4n) is 2.98. The van der Waals surface area contributed by atoms with Crippen molar-refractivity contribution in [2.45, 2.75) is 6.61 Å². The maximum atomic E-state index is 6.02. The van der Waals surface area contributed by atoms with E-state index >= 15 is 0 Å². The Kier molecular flexibility index (Phi) is 5.75. The molecule has 30 heavy (non-hydrogen) atoms. The molecule has 0 unspecified atom stereocenters. The molecule has 0 amide bonds. The molecule has 0 aliphatic carbocycles. The summed E-state index contributed by atoms with van der Waals surface area (Å²) in [5.41, 5.74) is 9.72. The van der Waals surface area contributed by atoms with Crippen LogP contribution in [0.2, 0.25) is 0 Å². The van der Waals surface area contributed by atoms with Crippen molar-refractivity contribution in [3.8, 4) is 22.8 Å². The summed E-state index contributed by atoms with van der Waals surface area (Å²) in [5, 5.41) is 4.44. The van der Waals surface area contributed by atoms with Gasteiger partial charge in [-0.2, -0.15) is 5.10 Å². The molecule has 0 fully saturated rings. The minimum Gasteiger partial charge on any atom is -0.493 e. The Bertz CT molecular complexity index is 1140. The van der Waals surface area contributed by atoms with Crippen LogP contribution in [0.4, 0.5) is 5.95 Å². The maximum Gasteiger partial charge on any atom is 0.221 e. The third kappa shape index (κ3) is 4.50. The second-order valence-corrected chi connectivity index (χ2v) is 6.62. The van der Waals surface area contributed by atoms with E-state index in [1.165, 1.54) is 0 Å². The van der Waals surface area contributed by atoms with Gasteiger partial charge >= 0.3 is 0 Å². The highest BCUT2D eigenvalue weighted by Crippen LogP contribution is 2.28. The zero-order valence-electron chi connectivity index (χ0n) is 16.6. The average Bonchev–Trinajstić information content (AvgIpc) is 3.18. The molecule has 6 heteroatoms. The molecular formula is C24H22N4O2. The first-order chi connectivity index (χ1) is 14.7. The monoisotopic (exact) mass is 398 g/mol.